The maximum Gasteiger partial charge on any atom is 0.246 e. The average molecular weight is 755 g/mol. The highest BCUT2D eigenvalue weighted by Crippen LogP contribution is 2.37. The fourth-order valence-corrected chi connectivity index (χ4v) is 9.00. The minimum atomic E-state index is -0.562. The summed E-state index contributed by atoms with van der Waals surface area (Å²) in [5.41, 5.74) is 6.81. The summed E-state index contributed by atoms with van der Waals surface area (Å²) in [6.07, 6.45) is 7.24. The number of hydrogen-bond acceptors (Lipinski definition) is 7. The Morgan fingerprint density at radius 1 is 0.764 bits per heavy atom. The molecule has 6 aromatic rings. The fourth-order valence-electron chi connectivity index (χ4n) is 7.99. The first-order chi connectivity index (χ1) is 26.6. The number of imidazole rings is 2. The number of thiazole rings is 1. The van der Waals surface area contributed by atoms with Gasteiger partial charge in [0.2, 0.25) is 17.7 Å². The zero-order valence-corrected chi connectivity index (χ0v) is 32.4. The largest absolute Gasteiger partial charge is 0.344 e. The Hall–Kier alpha value is -5.62. The summed E-state index contributed by atoms with van der Waals surface area (Å²) in [6.45, 7) is 8.70. The van der Waals surface area contributed by atoms with Crippen molar-refractivity contribution in [3.05, 3.63) is 102 Å². The Kier molecular flexibility index (Phi) is 10.1. The SMILES string of the molecule is CC(=O)N[C@H](C(=O)N1CCC[C@H]1c1ncc(-c2ccc(-c3nc4ccc(-c5cnc([C@@H]6CCCN6C(=O)[C@H](C)c6ccccc6)[nH]5)cc4s3)cc2)[nH]1)C(C)C. The van der Waals surface area contributed by atoms with Gasteiger partial charge in [-0.05, 0) is 61.8 Å². The van der Waals surface area contributed by atoms with E-state index in [1.54, 1.807) is 11.3 Å². The molecule has 55 heavy (non-hydrogen) atoms. The molecule has 8 rings (SSSR count). The molecule has 4 atom stereocenters. The maximum atomic E-state index is 13.6. The number of H-pyrrole nitrogens is 2. The second-order valence-corrected chi connectivity index (χ2v) is 16.1. The van der Waals surface area contributed by atoms with Gasteiger partial charge in [-0.25, -0.2) is 15.0 Å². The maximum absolute atomic E-state index is 13.6. The molecule has 3 N–H and O–H groups in total. The third kappa shape index (κ3) is 7.30. The molecule has 0 radical (unpaired) electrons. The summed E-state index contributed by atoms with van der Waals surface area (Å²) in [5, 5.41) is 3.77. The lowest BCUT2D eigenvalue weighted by Crippen LogP contribution is -2.50. The molecule has 0 unspecified atom stereocenters. The van der Waals surface area contributed by atoms with E-state index in [0.29, 0.717) is 6.54 Å². The molecule has 3 aromatic carbocycles. The summed E-state index contributed by atoms with van der Waals surface area (Å²) >= 11 is 1.65. The number of likely N-dealkylation sites (tertiary alicyclic amines) is 2. The summed E-state index contributed by atoms with van der Waals surface area (Å²) in [4.78, 5) is 64.1. The lowest BCUT2D eigenvalue weighted by atomic mass is 9.99. The Labute approximate surface area is 324 Å². The highest BCUT2D eigenvalue weighted by atomic mass is 32.1. The van der Waals surface area contributed by atoms with Crippen molar-refractivity contribution in [2.75, 3.05) is 13.1 Å². The van der Waals surface area contributed by atoms with E-state index in [9.17, 15) is 14.4 Å². The molecule has 2 aliphatic heterocycles. The van der Waals surface area contributed by atoms with E-state index in [1.807, 2.05) is 73.3 Å². The third-order valence-electron chi connectivity index (χ3n) is 11.0. The second-order valence-electron chi connectivity index (χ2n) is 15.1. The van der Waals surface area contributed by atoms with Gasteiger partial charge in [0.05, 0.1) is 52.0 Å². The number of carbonyl (C=O) groups is 3. The topological polar surface area (TPSA) is 140 Å². The molecule has 2 fully saturated rings. The number of benzene rings is 3. The van der Waals surface area contributed by atoms with Crippen LogP contribution in [0.4, 0.5) is 0 Å². The summed E-state index contributed by atoms with van der Waals surface area (Å²) in [6, 6.07) is 23.7. The van der Waals surface area contributed by atoms with E-state index in [1.165, 1.54) is 6.92 Å². The highest BCUT2D eigenvalue weighted by molar-refractivity contribution is 7.21. The normalized spacial score (nSPS) is 18.3. The summed E-state index contributed by atoms with van der Waals surface area (Å²) in [7, 11) is 0. The van der Waals surface area contributed by atoms with Crippen molar-refractivity contribution >= 4 is 39.3 Å². The lowest BCUT2D eigenvalue weighted by Gasteiger charge is -2.30. The first kappa shape index (κ1) is 36.4. The number of rotatable bonds is 10. The molecule has 0 spiro atoms. The van der Waals surface area contributed by atoms with Crippen molar-refractivity contribution in [2.45, 2.75) is 77.4 Å². The van der Waals surface area contributed by atoms with E-state index in [2.05, 4.69) is 57.7 Å². The summed E-state index contributed by atoms with van der Waals surface area (Å²) < 4.78 is 1.08. The van der Waals surface area contributed by atoms with Crippen molar-refractivity contribution in [1.82, 2.24) is 40.0 Å². The molecule has 0 bridgehead atoms. The van der Waals surface area contributed by atoms with Gasteiger partial charge in [0.1, 0.15) is 22.7 Å². The monoisotopic (exact) mass is 754 g/mol. The standard InChI is InChI=1S/C43H46N8O3S/c1-25(2)38(46-27(4)52)43(54)51-21-9-13-36(51)40-44-23-33(47-40)29-14-16-30(17-15-29)41-49-32-19-18-31(22-37(32)55-41)34-24-45-39(48-34)35-12-8-20-50(35)42(53)26(3)28-10-6-5-7-11-28/h5-7,10-11,14-19,22-26,35-36,38H,8-9,12-13,20-21H2,1-4H3,(H,44,47)(H,45,48)(H,46,52)/t26-,35+,36+,38+/m1/s1. The van der Waals surface area contributed by atoms with Crippen molar-refractivity contribution in [1.29, 1.82) is 0 Å². The van der Waals surface area contributed by atoms with Crippen LogP contribution >= 0.6 is 11.3 Å². The average Bonchev–Trinajstić information content (AvgIpc) is 4.05. The van der Waals surface area contributed by atoms with Gasteiger partial charge in [-0.3, -0.25) is 14.4 Å². The Morgan fingerprint density at radius 2 is 1.35 bits per heavy atom. The molecule has 0 aliphatic carbocycles. The van der Waals surface area contributed by atoms with Gasteiger partial charge in [-0.2, -0.15) is 0 Å². The van der Waals surface area contributed by atoms with E-state index in [-0.39, 0.29) is 41.6 Å². The van der Waals surface area contributed by atoms with Crippen LogP contribution in [0.15, 0.2) is 85.2 Å². The van der Waals surface area contributed by atoms with Gasteiger partial charge < -0.3 is 25.1 Å². The number of carbonyl (C=O) groups excluding carboxylic acids is 3. The first-order valence-corrected chi connectivity index (χ1v) is 20.0. The third-order valence-corrected chi connectivity index (χ3v) is 12.1. The van der Waals surface area contributed by atoms with Crippen LogP contribution in [0.25, 0.3) is 43.3 Å². The van der Waals surface area contributed by atoms with Crippen molar-refractivity contribution in [2.24, 2.45) is 5.92 Å². The molecule has 0 saturated carbocycles. The predicted molar refractivity (Wildman–Crippen MR) is 215 cm³/mol. The summed E-state index contributed by atoms with van der Waals surface area (Å²) in [5.74, 6) is 1.22. The zero-order chi connectivity index (χ0) is 38.2. The molecule has 5 heterocycles. The van der Waals surface area contributed by atoms with Crippen molar-refractivity contribution < 1.29 is 14.4 Å². The van der Waals surface area contributed by atoms with Gasteiger partial charge in [0.25, 0.3) is 0 Å². The smallest absolute Gasteiger partial charge is 0.246 e. The zero-order valence-electron chi connectivity index (χ0n) is 31.6. The number of nitrogens with one attached hydrogen (secondary N) is 3. The number of aromatic amines is 2. The Morgan fingerprint density at radius 3 is 1.96 bits per heavy atom. The van der Waals surface area contributed by atoms with Crippen LogP contribution in [-0.2, 0) is 14.4 Å². The molecule has 282 valence electrons. The van der Waals surface area contributed by atoms with E-state index in [0.717, 1.165) is 92.7 Å². The van der Waals surface area contributed by atoms with Crippen LogP contribution in [-0.4, -0.2) is 71.6 Å². The Balaban J connectivity index is 0.953. The number of fused-ring (bicyclic) bond motifs is 1. The molecule has 3 aromatic heterocycles. The van der Waals surface area contributed by atoms with Crippen LogP contribution in [0.2, 0.25) is 0 Å². The minimum absolute atomic E-state index is 0.0209. The van der Waals surface area contributed by atoms with Gasteiger partial charge in [-0.1, -0.05) is 74.5 Å². The van der Waals surface area contributed by atoms with Crippen LogP contribution < -0.4 is 5.32 Å². The second kappa shape index (κ2) is 15.3. The van der Waals surface area contributed by atoms with Crippen molar-refractivity contribution in [3.63, 3.8) is 0 Å². The fraction of sp³-hybridized carbons (Fsp3) is 0.349. The van der Waals surface area contributed by atoms with Gasteiger partial charge in [0, 0.05) is 31.1 Å². The molecule has 2 aliphatic rings. The number of aromatic nitrogens is 5. The van der Waals surface area contributed by atoms with Crippen molar-refractivity contribution in [3.8, 4) is 33.1 Å². The predicted octanol–water partition coefficient (Wildman–Crippen LogP) is 8.03. The number of amides is 3. The quantitative estimate of drug-likeness (QED) is 0.129. The number of nitrogens with zero attached hydrogens (tertiary/aromatic N) is 5. The van der Waals surface area contributed by atoms with E-state index >= 15 is 0 Å². The van der Waals surface area contributed by atoms with E-state index < -0.39 is 6.04 Å². The van der Waals surface area contributed by atoms with Crippen LogP contribution in [0.5, 0.6) is 0 Å². The number of hydrogen-bond donors (Lipinski definition) is 3. The lowest BCUT2D eigenvalue weighted by molar-refractivity contribution is -0.138. The van der Waals surface area contributed by atoms with Crippen LogP contribution in [0, 0.1) is 5.92 Å². The molecule has 2 saturated heterocycles. The van der Waals surface area contributed by atoms with Crippen LogP contribution in [0.1, 0.15) is 88.6 Å². The molecular weight excluding hydrogens is 709 g/mol. The Bertz CT molecular complexity index is 2330. The van der Waals surface area contributed by atoms with Gasteiger partial charge >= 0.3 is 0 Å². The minimum Gasteiger partial charge on any atom is -0.344 e. The molecular formula is C43H46N8O3S. The van der Waals surface area contributed by atoms with Gasteiger partial charge in [0.15, 0.2) is 0 Å². The van der Waals surface area contributed by atoms with Gasteiger partial charge in [-0.15, -0.1) is 11.3 Å². The molecule has 3 amide bonds. The first-order valence-electron chi connectivity index (χ1n) is 19.2. The molecule has 11 nitrogen and oxygen atoms in total. The van der Waals surface area contributed by atoms with E-state index in [4.69, 9.17) is 15.0 Å². The van der Waals surface area contributed by atoms with Crippen LogP contribution in [0.3, 0.4) is 0 Å². The highest BCUT2D eigenvalue weighted by Gasteiger charge is 2.37. The molecule has 12 heteroatoms.